The topological polar surface area (TPSA) is 65.2 Å². The average molecular weight is 301 g/mol. The molecule has 0 bridgehead atoms. The first-order valence-electron chi connectivity index (χ1n) is 4.82. The van der Waals surface area contributed by atoms with Gasteiger partial charge in [-0.3, -0.25) is 0 Å². The molecular weight excluding hydrogens is 289 g/mol. The fraction of sp³-hybridized carbons (Fsp3) is 0.400. The van der Waals surface area contributed by atoms with E-state index >= 15 is 0 Å². The molecule has 1 aromatic heterocycles. The zero-order valence-corrected chi connectivity index (χ0v) is 11.0. The molecule has 0 aliphatic rings. The molecule has 0 radical (unpaired) electrons. The number of alkyl halides is 2. The molecule has 18 heavy (non-hydrogen) atoms. The lowest BCUT2D eigenvalue weighted by Gasteiger charge is -2.22. The Morgan fingerprint density at radius 3 is 2.78 bits per heavy atom. The van der Waals surface area contributed by atoms with E-state index in [0.717, 1.165) is 0 Å². The van der Waals surface area contributed by atoms with Crippen molar-refractivity contribution in [2.24, 2.45) is 5.73 Å². The first-order chi connectivity index (χ1) is 7.91. The van der Waals surface area contributed by atoms with Crippen molar-refractivity contribution in [3.8, 4) is 0 Å². The number of carbonyl (C=O) groups is 1. The van der Waals surface area contributed by atoms with E-state index in [9.17, 15) is 13.6 Å². The highest BCUT2D eigenvalue weighted by Crippen LogP contribution is 2.33. The minimum Gasteiger partial charge on any atom is -0.462 e. The summed E-state index contributed by atoms with van der Waals surface area (Å²) in [6.45, 7) is 1.28. The van der Waals surface area contributed by atoms with Gasteiger partial charge in [0.1, 0.15) is 11.2 Å². The van der Waals surface area contributed by atoms with Crippen molar-refractivity contribution < 1.29 is 18.3 Å². The van der Waals surface area contributed by atoms with Crippen LogP contribution in [-0.2, 0) is 9.53 Å². The minimum absolute atomic E-state index is 0. The summed E-state index contributed by atoms with van der Waals surface area (Å²) < 4.78 is 31.4. The van der Waals surface area contributed by atoms with Gasteiger partial charge >= 0.3 is 11.9 Å². The Balaban J connectivity index is 0.00000289. The smallest absolute Gasteiger partial charge is 0.379 e. The number of nitrogens with two attached hydrogens (primary N) is 1. The molecule has 1 aromatic rings. The van der Waals surface area contributed by atoms with Crippen LogP contribution in [0.2, 0.25) is 5.15 Å². The molecule has 0 saturated carbocycles. The highest BCUT2D eigenvalue weighted by atomic mass is 35.5. The maximum atomic E-state index is 13.6. The summed E-state index contributed by atoms with van der Waals surface area (Å²) in [5.41, 5.74) is 5.23. The summed E-state index contributed by atoms with van der Waals surface area (Å²) in [7, 11) is 0. The van der Waals surface area contributed by atoms with Crippen LogP contribution in [0, 0.1) is 0 Å². The fourth-order valence-corrected chi connectivity index (χ4v) is 1.42. The van der Waals surface area contributed by atoms with Gasteiger partial charge in [0.15, 0.2) is 0 Å². The van der Waals surface area contributed by atoms with Gasteiger partial charge < -0.3 is 10.5 Å². The number of carbonyl (C=O) groups excluding carboxylic acids is 1. The molecule has 1 heterocycles. The zero-order chi connectivity index (χ0) is 13.1. The van der Waals surface area contributed by atoms with Crippen molar-refractivity contribution >= 4 is 30.0 Å². The van der Waals surface area contributed by atoms with Gasteiger partial charge in [-0.1, -0.05) is 17.7 Å². The van der Waals surface area contributed by atoms with E-state index < -0.39 is 17.9 Å². The molecule has 0 amide bonds. The van der Waals surface area contributed by atoms with E-state index in [-0.39, 0.29) is 29.7 Å². The van der Waals surface area contributed by atoms with Crippen molar-refractivity contribution in [2.75, 3.05) is 6.61 Å². The number of hydrogen-bond acceptors (Lipinski definition) is 4. The molecule has 4 nitrogen and oxygen atoms in total. The van der Waals surface area contributed by atoms with E-state index in [4.69, 9.17) is 17.3 Å². The molecule has 0 aromatic carbocycles. The van der Waals surface area contributed by atoms with Crippen molar-refractivity contribution in [1.82, 2.24) is 4.98 Å². The Hall–Kier alpha value is -0.980. The molecule has 0 saturated heterocycles. The molecule has 102 valence electrons. The first kappa shape index (κ1) is 17.0. The van der Waals surface area contributed by atoms with Crippen LogP contribution in [0.5, 0.6) is 0 Å². The highest BCUT2D eigenvalue weighted by molar-refractivity contribution is 6.30. The van der Waals surface area contributed by atoms with E-state index in [1.54, 1.807) is 0 Å². The van der Waals surface area contributed by atoms with E-state index in [1.807, 2.05) is 0 Å². The lowest BCUT2D eigenvalue weighted by atomic mass is 10.0. The number of ether oxygens (including phenoxy) is 1. The van der Waals surface area contributed by atoms with Gasteiger partial charge in [0, 0.05) is 11.8 Å². The average Bonchev–Trinajstić information content (AvgIpc) is 2.29. The molecule has 0 aliphatic carbocycles. The van der Waals surface area contributed by atoms with Gasteiger partial charge in [-0.25, -0.2) is 9.78 Å². The lowest BCUT2D eigenvalue weighted by molar-refractivity contribution is -0.174. The molecule has 0 unspecified atom stereocenters. The Labute approximate surface area is 114 Å². The Morgan fingerprint density at radius 1 is 1.67 bits per heavy atom. The van der Waals surface area contributed by atoms with Gasteiger partial charge in [-0.2, -0.15) is 8.78 Å². The number of rotatable bonds is 4. The maximum Gasteiger partial charge on any atom is 0.379 e. The number of hydrogen-bond donors (Lipinski definition) is 1. The van der Waals surface area contributed by atoms with Crippen molar-refractivity contribution in [3.05, 3.63) is 29.0 Å². The Bertz CT molecular complexity index is 419. The van der Waals surface area contributed by atoms with Crippen molar-refractivity contribution in [3.63, 3.8) is 0 Å². The molecule has 0 spiro atoms. The summed E-state index contributed by atoms with van der Waals surface area (Å²) in [5.74, 6) is -5.52. The molecular formula is C10H12Cl2F2N2O2. The molecule has 1 rings (SSSR count). The first-order valence-corrected chi connectivity index (χ1v) is 5.20. The predicted molar refractivity (Wildman–Crippen MR) is 65.0 cm³/mol. The number of nitrogens with zero attached hydrogens (tertiary/aromatic N) is 1. The van der Waals surface area contributed by atoms with Gasteiger partial charge in [0.25, 0.3) is 0 Å². The van der Waals surface area contributed by atoms with Crippen LogP contribution in [0.25, 0.3) is 0 Å². The minimum atomic E-state index is -3.84. The number of halogens is 4. The van der Waals surface area contributed by atoms with Gasteiger partial charge in [0.2, 0.25) is 0 Å². The molecule has 0 fully saturated rings. The summed E-state index contributed by atoms with van der Waals surface area (Å²) in [4.78, 5) is 14.7. The third-order valence-corrected chi connectivity index (χ3v) is 2.38. The van der Waals surface area contributed by atoms with Crippen LogP contribution in [-0.4, -0.2) is 23.5 Å². The van der Waals surface area contributed by atoms with Gasteiger partial charge in [-0.05, 0) is 13.0 Å². The third kappa shape index (κ3) is 3.51. The zero-order valence-electron chi connectivity index (χ0n) is 9.40. The highest BCUT2D eigenvalue weighted by Gasteiger charge is 2.48. The number of esters is 1. The van der Waals surface area contributed by atoms with Crippen LogP contribution >= 0.6 is 24.0 Å². The van der Waals surface area contributed by atoms with Crippen LogP contribution < -0.4 is 5.73 Å². The summed E-state index contributed by atoms with van der Waals surface area (Å²) >= 11 is 5.63. The quantitative estimate of drug-likeness (QED) is 0.685. The normalized spacial score (nSPS) is 12.5. The number of pyridine rings is 1. The molecule has 0 aliphatic heterocycles. The SMILES string of the molecule is CCOC(=O)C(F)(F)[C@H](N)c1cccnc1Cl.Cl. The lowest BCUT2D eigenvalue weighted by Crippen LogP contribution is -2.41. The molecule has 2 N–H and O–H groups in total. The third-order valence-electron chi connectivity index (χ3n) is 2.06. The largest absolute Gasteiger partial charge is 0.462 e. The Kier molecular flexibility index (Phi) is 6.45. The van der Waals surface area contributed by atoms with Crippen LogP contribution in [0.15, 0.2) is 18.3 Å². The van der Waals surface area contributed by atoms with Crippen LogP contribution in [0.4, 0.5) is 8.78 Å². The van der Waals surface area contributed by atoms with Crippen LogP contribution in [0.3, 0.4) is 0 Å². The van der Waals surface area contributed by atoms with Crippen LogP contribution in [0.1, 0.15) is 18.5 Å². The molecule has 8 heteroatoms. The summed E-state index contributed by atoms with van der Waals surface area (Å²) in [6.07, 6.45) is 1.33. The van der Waals surface area contributed by atoms with E-state index in [0.29, 0.717) is 0 Å². The number of aromatic nitrogens is 1. The second-order valence-corrected chi connectivity index (χ2v) is 3.56. The Morgan fingerprint density at radius 2 is 2.28 bits per heavy atom. The summed E-state index contributed by atoms with van der Waals surface area (Å²) in [5, 5.41) is -0.163. The molecule has 1 atom stereocenters. The van der Waals surface area contributed by atoms with Gasteiger partial charge in [0.05, 0.1) is 6.61 Å². The monoisotopic (exact) mass is 300 g/mol. The second kappa shape index (κ2) is 6.82. The fourth-order valence-electron chi connectivity index (χ4n) is 1.18. The van der Waals surface area contributed by atoms with Crippen molar-refractivity contribution in [1.29, 1.82) is 0 Å². The predicted octanol–water partition coefficient (Wildman–Crippen LogP) is 2.35. The maximum absolute atomic E-state index is 13.6. The van der Waals surface area contributed by atoms with E-state index in [2.05, 4.69) is 9.72 Å². The second-order valence-electron chi connectivity index (χ2n) is 3.20. The van der Waals surface area contributed by atoms with Crippen molar-refractivity contribution in [2.45, 2.75) is 18.9 Å². The standard InChI is InChI=1S/C10H11ClF2N2O2.ClH/c1-2-17-9(16)10(12,13)7(14)6-4-3-5-15-8(6)11;/h3-5,7H,2,14H2,1H3;1H/t7-;/m1./s1. The van der Waals surface area contributed by atoms with E-state index in [1.165, 1.54) is 25.3 Å². The van der Waals surface area contributed by atoms with Gasteiger partial charge in [-0.15, -0.1) is 12.4 Å². The summed E-state index contributed by atoms with van der Waals surface area (Å²) in [6, 6.07) is 0.804.